The number of rotatable bonds is 2. The molecule has 34 heavy (non-hydrogen) atoms. The SMILES string of the molecule is CC(C)c1cccc(-n2c3cc(C(C)(C)C)ccc3c3ccc(C(C)(C)C)cc32)c1C(C)(C)C. The van der Waals surface area contributed by atoms with E-state index < -0.39 is 0 Å². The number of nitrogens with zero attached hydrogens (tertiary/aromatic N) is 1. The van der Waals surface area contributed by atoms with Crippen LogP contribution in [0.15, 0.2) is 54.6 Å². The Hall–Kier alpha value is -2.54. The van der Waals surface area contributed by atoms with Gasteiger partial charge in [0.25, 0.3) is 0 Å². The average molecular weight is 454 g/mol. The van der Waals surface area contributed by atoms with Gasteiger partial charge in [-0.05, 0) is 62.6 Å². The number of benzene rings is 3. The number of fused-ring (bicyclic) bond motifs is 3. The molecule has 4 rings (SSSR count). The quantitative estimate of drug-likeness (QED) is 0.284. The van der Waals surface area contributed by atoms with E-state index in [-0.39, 0.29) is 16.2 Å². The van der Waals surface area contributed by atoms with E-state index in [0.29, 0.717) is 5.92 Å². The summed E-state index contributed by atoms with van der Waals surface area (Å²) < 4.78 is 2.56. The monoisotopic (exact) mass is 453 g/mol. The Kier molecular flexibility index (Phi) is 5.79. The van der Waals surface area contributed by atoms with Gasteiger partial charge in [0.05, 0.1) is 16.7 Å². The predicted octanol–water partition coefficient (Wildman–Crippen LogP) is 9.80. The van der Waals surface area contributed by atoms with Crippen LogP contribution in [0.4, 0.5) is 0 Å². The summed E-state index contributed by atoms with van der Waals surface area (Å²) in [6.45, 7) is 25.5. The van der Waals surface area contributed by atoms with Gasteiger partial charge in [-0.2, -0.15) is 0 Å². The van der Waals surface area contributed by atoms with Gasteiger partial charge in [0.2, 0.25) is 0 Å². The summed E-state index contributed by atoms with van der Waals surface area (Å²) in [5.41, 5.74) is 9.79. The van der Waals surface area contributed by atoms with Crippen LogP contribution in [0.5, 0.6) is 0 Å². The van der Waals surface area contributed by atoms with Crippen LogP contribution in [-0.2, 0) is 16.2 Å². The van der Waals surface area contributed by atoms with E-state index in [2.05, 4.69) is 135 Å². The van der Waals surface area contributed by atoms with Crippen LogP contribution < -0.4 is 0 Å². The molecule has 0 bridgehead atoms. The van der Waals surface area contributed by atoms with Crippen LogP contribution in [0.3, 0.4) is 0 Å². The lowest BCUT2D eigenvalue weighted by atomic mass is 9.79. The topological polar surface area (TPSA) is 4.93 Å². The lowest BCUT2D eigenvalue weighted by molar-refractivity contribution is 0.574. The van der Waals surface area contributed by atoms with E-state index >= 15 is 0 Å². The summed E-state index contributed by atoms with van der Waals surface area (Å²) in [6, 6.07) is 21.1. The molecule has 180 valence electrons. The van der Waals surface area contributed by atoms with Crippen molar-refractivity contribution in [2.45, 2.75) is 98.3 Å². The maximum atomic E-state index is 2.56. The zero-order valence-electron chi connectivity index (χ0n) is 23.2. The smallest absolute Gasteiger partial charge is 0.0544 e. The van der Waals surface area contributed by atoms with Crippen molar-refractivity contribution in [3.63, 3.8) is 0 Å². The first kappa shape index (κ1) is 24.6. The minimum atomic E-state index is 0.0301. The maximum absolute atomic E-state index is 2.56. The Morgan fingerprint density at radius 3 is 1.44 bits per heavy atom. The maximum Gasteiger partial charge on any atom is 0.0544 e. The van der Waals surface area contributed by atoms with Crippen LogP contribution in [-0.4, -0.2) is 4.57 Å². The van der Waals surface area contributed by atoms with E-state index in [1.165, 1.54) is 49.7 Å². The zero-order valence-corrected chi connectivity index (χ0v) is 23.2. The Labute approximate surface area is 207 Å². The second kappa shape index (κ2) is 8.01. The molecule has 0 saturated carbocycles. The Morgan fingerprint density at radius 2 is 1.06 bits per heavy atom. The summed E-state index contributed by atoms with van der Waals surface area (Å²) in [4.78, 5) is 0. The van der Waals surface area contributed by atoms with Crippen molar-refractivity contribution in [1.29, 1.82) is 0 Å². The highest BCUT2D eigenvalue weighted by Crippen LogP contribution is 2.41. The van der Waals surface area contributed by atoms with E-state index in [0.717, 1.165) is 0 Å². The molecule has 1 nitrogen and oxygen atoms in total. The van der Waals surface area contributed by atoms with Crippen LogP contribution in [0.1, 0.15) is 104 Å². The second-order valence-corrected chi connectivity index (χ2v) is 13.4. The van der Waals surface area contributed by atoms with Gasteiger partial charge in [-0.15, -0.1) is 0 Å². The molecule has 0 spiro atoms. The van der Waals surface area contributed by atoms with Crippen LogP contribution in [0.2, 0.25) is 0 Å². The van der Waals surface area contributed by atoms with Gasteiger partial charge in [0.1, 0.15) is 0 Å². The van der Waals surface area contributed by atoms with Crippen LogP contribution in [0.25, 0.3) is 27.5 Å². The molecule has 0 atom stereocenters. The highest BCUT2D eigenvalue weighted by Gasteiger charge is 2.27. The first-order chi connectivity index (χ1) is 15.6. The highest BCUT2D eigenvalue weighted by molar-refractivity contribution is 6.09. The third-order valence-electron chi connectivity index (χ3n) is 7.19. The van der Waals surface area contributed by atoms with Crippen molar-refractivity contribution in [1.82, 2.24) is 4.57 Å². The zero-order chi connectivity index (χ0) is 25.2. The van der Waals surface area contributed by atoms with Crippen molar-refractivity contribution in [3.8, 4) is 5.69 Å². The first-order valence-electron chi connectivity index (χ1n) is 12.8. The third kappa shape index (κ3) is 4.19. The number of hydrogen-bond acceptors (Lipinski definition) is 0. The molecule has 0 saturated heterocycles. The molecule has 0 unspecified atom stereocenters. The summed E-state index contributed by atoms with van der Waals surface area (Å²) in [7, 11) is 0. The summed E-state index contributed by atoms with van der Waals surface area (Å²) in [5.74, 6) is 0.470. The first-order valence-corrected chi connectivity index (χ1v) is 12.8. The molecule has 0 radical (unpaired) electrons. The van der Waals surface area contributed by atoms with E-state index in [9.17, 15) is 0 Å². The van der Waals surface area contributed by atoms with Crippen LogP contribution >= 0.6 is 0 Å². The molecule has 0 aliphatic heterocycles. The fraction of sp³-hybridized carbons (Fsp3) is 0.455. The standard InChI is InChI=1S/C33H43N/c1-21(2)24-13-12-14-27(30(24)33(9,10)11)34-28-19-22(31(3,4)5)15-17-25(28)26-18-16-23(20-29(26)34)32(6,7)8/h12-21H,1-11H3. The molecule has 3 aromatic carbocycles. The van der Waals surface area contributed by atoms with Crippen molar-refractivity contribution < 1.29 is 0 Å². The minimum absolute atomic E-state index is 0.0301. The van der Waals surface area contributed by atoms with Gasteiger partial charge < -0.3 is 4.57 Å². The van der Waals surface area contributed by atoms with Gasteiger partial charge in [0.15, 0.2) is 0 Å². The number of hydrogen-bond donors (Lipinski definition) is 0. The molecule has 0 aliphatic carbocycles. The molecule has 1 aromatic heterocycles. The molecule has 0 fully saturated rings. The number of aromatic nitrogens is 1. The Bertz CT molecular complexity index is 1290. The van der Waals surface area contributed by atoms with Crippen molar-refractivity contribution in [3.05, 3.63) is 76.9 Å². The summed E-state index contributed by atoms with van der Waals surface area (Å²) in [5, 5.41) is 2.66. The van der Waals surface area contributed by atoms with Crippen molar-refractivity contribution in [2.75, 3.05) is 0 Å². The molecule has 4 aromatic rings. The molecule has 0 N–H and O–H groups in total. The van der Waals surface area contributed by atoms with Gasteiger partial charge in [0, 0.05) is 10.8 Å². The molecule has 0 aliphatic rings. The van der Waals surface area contributed by atoms with Crippen LogP contribution in [0, 0.1) is 0 Å². The average Bonchev–Trinajstić information content (AvgIpc) is 3.04. The molecule has 0 amide bonds. The highest BCUT2D eigenvalue weighted by atomic mass is 15.0. The van der Waals surface area contributed by atoms with E-state index in [1.807, 2.05) is 0 Å². The fourth-order valence-corrected chi connectivity index (χ4v) is 5.25. The third-order valence-corrected chi connectivity index (χ3v) is 7.19. The summed E-state index contributed by atoms with van der Waals surface area (Å²) >= 11 is 0. The largest absolute Gasteiger partial charge is 0.309 e. The van der Waals surface area contributed by atoms with Gasteiger partial charge in [-0.1, -0.05) is 113 Å². The molecule has 1 heteroatoms. The second-order valence-electron chi connectivity index (χ2n) is 13.4. The van der Waals surface area contributed by atoms with Gasteiger partial charge in [-0.25, -0.2) is 0 Å². The lowest BCUT2D eigenvalue weighted by Crippen LogP contribution is -2.19. The van der Waals surface area contributed by atoms with Gasteiger partial charge in [-0.3, -0.25) is 0 Å². The van der Waals surface area contributed by atoms with Gasteiger partial charge >= 0.3 is 0 Å². The molecular weight excluding hydrogens is 410 g/mol. The van der Waals surface area contributed by atoms with E-state index in [1.54, 1.807) is 0 Å². The Balaban J connectivity index is 2.23. The van der Waals surface area contributed by atoms with Crippen molar-refractivity contribution >= 4 is 21.8 Å². The molecular formula is C33H43N. The minimum Gasteiger partial charge on any atom is -0.309 e. The van der Waals surface area contributed by atoms with Crippen molar-refractivity contribution in [2.24, 2.45) is 0 Å². The Morgan fingerprint density at radius 1 is 0.588 bits per heavy atom. The fourth-order valence-electron chi connectivity index (χ4n) is 5.25. The summed E-state index contributed by atoms with van der Waals surface area (Å²) in [6.07, 6.45) is 0. The lowest BCUT2D eigenvalue weighted by Gasteiger charge is -2.29. The normalized spacial score (nSPS) is 13.4. The molecule has 1 heterocycles. The predicted molar refractivity (Wildman–Crippen MR) is 151 cm³/mol. The van der Waals surface area contributed by atoms with E-state index in [4.69, 9.17) is 0 Å².